The molecule has 220 valence electrons. The van der Waals surface area contributed by atoms with E-state index >= 15 is 0 Å². The standard InChI is InChI=1S/C34H28N4O5S/c1-21(36-42-23(3)39)25-10-14-28(15-11-25)38(29-16-12-27(13-17-29)32(41)26-8-6-5-7-9-26)34-30-18-19-44-33(30)31(20-35-34)22(2)37-43-24(4)40/h5-20H,1-4H3/b36-21-,37-22-. The maximum Gasteiger partial charge on any atom is 0.331 e. The number of oxime groups is 2. The van der Waals surface area contributed by atoms with Crippen LogP contribution in [0.15, 0.2) is 107 Å². The SMILES string of the molecule is CC(=O)O/N=C(/C)c1ccc(N(c2ccc(C(=O)c3ccccc3)cc2)c2ncc(/C(C)=N\OC(C)=O)c3sccc23)cc1. The maximum absolute atomic E-state index is 13.1. The van der Waals surface area contributed by atoms with Crippen molar-refractivity contribution in [2.45, 2.75) is 27.7 Å². The highest BCUT2D eigenvalue weighted by atomic mass is 32.1. The van der Waals surface area contributed by atoms with Crippen LogP contribution in [0.4, 0.5) is 17.2 Å². The molecule has 10 heteroatoms. The number of fused-ring (bicyclic) bond motifs is 1. The molecule has 0 saturated heterocycles. The van der Waals surface area contributed by atoms with Gasteiger partial charge < -0.3 is 9.68 Å². The van der Waals surface area contributed by atoms with Crippen LogP contribution in [0.2, 0.25) is 0 Å². The minimum Gasteiger partial charge on any atom is -0.318 e. The second-order valence-electron chi connectivity index (χ2n) is 9.80. The second-order valence-corrected chi connectivity index (χ2v) is 10.7. The Morgan fingerprint density at radius 1 is 0.682 bits per heavy atom. The van der Waals surface area contributed by atoms with Gasteiger partial charge in [-0.3, -0.25) is 9.69 Å². The molecule has 0 unspecified atom stereocenters. The molecule has 0 radical (unpaired) electrons. The number of carbonyl (C=O) groups is 3. The van der Waals surface area contributed by atoms with E-state index in [4.69, 9.17) is 14.7 Å². The Balaban J connectivity index is 1.59. The first kappa shape index (κ1) is 30.0. The Labute approximate surface area is 258 Å². The minimum atomic E-state index is -0.506. The van der Waals surface area contributed by atoms with E-state index in [1.807, 2.05) is 70.9 Å². The summed E-state index contributed by atoms with van der Waals surface area (Å²) in [5, 5.41) is 10.7. The van der Waals surface area contributed by atoms with Gasteiger partial charge in [-0.15, -0.1) is 11.3 Å². The van der Waals surface area contributed by atoms with Crippen LogP contribution >= 0.6 is 11.3 Å². The Bertz CT molecular complexity index is 1900. The molecule has 3 aromatic carbocycles. The first-order valence-corrected chi connectivity index (χ1v) is 14.5. The van der Waals surface area contributed by atoms with Crippen molar-refractivity contribution in [3.8, 4) is 0 Å². The number of anilines is 3. The molecule has 0 fully saturated rings. The third-order valence-electron chi connectivity index (χ3n) is 6.66. The number of carbonyl (C=O) groups excluding carboxylic acids is 3. The van der Waals surface area contributed by atoms with Crippen LogP contribution in [0.3, 0.4) is 0 Å². The summed E-state index contributed by atoms with van der Waals surface area (Å²) in [6.07, 6.45) is 1.71. The van der Waals surface area contributed by atoms with Gasteiger partial charge in [0.2, 0.25) is 0 Å². The molecule has 2 heterocycles. The van der Waals surface area contributed by atoms with Crippen LogP contribution in [0.25, 0.3) is 10.1 Å². The topological polar surface area (TPSA) is 111 Å². The summed E-state index contributed by atoms with van der Waals surface area (Å²) >= 11 is 1.53. The van der Waals surface area contributed by atoms with Gasteiger partial charge in [0, 0.05) is 58.2 Å². The zero-order valence-corrected chi connectivity index (χ0v) is 25.3. The van der Waals surface area contributed by atoms with Gasteiger partial charge in [-0.05, 0) is 67.3 Å². The molecule has 0 aliphatic heterocycles. The highest BCUT2D eigenvalue weighted by molar-refractivity contribution is 7.17. The van der Waals surface area contributed by atoms with Crippen molar-refractivity contribution in [1.29, 1.82) is 0 Å². The van der Waals surface area contributed by atoms with Gasteiger partial charge in [-0.1, -0.05) is 52.8 Å². The van der Waals surface area contributed by atoms with Crippen LogP contribution in [0.5, 0.6) is 0 Å². The summed E-state index contributed by atoms with van der Waals surface area (Å²) < 4.78 is 0.922. The largest absolute Gasteiger partial charge is 0.331 e. The molecule has 0 aliphatic carbocycles. The number of hydrogen-bond donors (Lipinski definition) is 0. The number of hydrogen-bond acceptors (Lipinski definition) is 10. The van der Waals surface area contributed by atoms with E-state index in [2.05, 4.69) is 10.3 Å². The Kier molecular flexibility index (Phi) is 9.01. The van der Waals surface area contributed by atoms with Gasteiger partial charge in [-0.2, -0.15) is 0 Å². The van der Waals surface area contributed by atoms with Crippen LogP contribution < -0.4 is 4.90 Å². The first-order chi connectivity index (χ1) is 21.2. The van der Waals surface area contributed by atoms with E-state index in [9.17, 15) is 14.4 Å². The predicted molar refractivity (Wildman–Crippen MR) is 172 cm³/mol. The number of nitrogens with zero attached hydrogens (tertiary/aromatic N) is 4. The normalized spacial score (nSPS) is 11.7. The molecule has 5 aromatic rings. The monoisotopic (exact) mass is 604 g/mol. The molecule has 0 saturated carbocycles. The molecular weight excluding hydrogens is 576 g/mol. The molecule has 2 aromatic heterocycles. The van der Waals surface area contributed by atoms with E-state index in [0.717, 1.165) is 32.6 Å². The van der Waals surface area contributed by atoms with Gasteiger partial charge in [0.05, 0.1) is 11.4 Å². The van der Waals surface area contributed by atoms with Crippen LogP contribution in [0, 0.1) is 0 Å². The van der Waals surface area contributed by atoms with Crippen LogP contribution in [-0.2, 0) is 19.3 Å². The number of ketones is 1. The summed E-state index contributed by atoms with van der Waals surface area (Å²) in [4.78, 5) is 52.2. The van der Waals surface area contributed by atoms with Gasteiger partial charge in [0.1, 0.15) is 5.82 Å². The van der Waals surface area contributed by atoms with Crippen molar-refractivity contribution >= 4 is 67.8 Å². The Morgan fingerprint density at radius 3 is 1.82 bits per heavy atom. The van der Waals surface area contributed by atoms with E-state index in [1.54, 1.807) is 44.3 Å². The lowest BCUT2D eigenvalue weighted by atomic mass is 10.0. The fourth-order valence-electron chi connectivity index (χ4n) is 4.51. The average molecular weight is 605 g/mol. The molecule has 0 amide bonds. The maximum atomic E-state index is 13.1. The molecular formula is C34H28N4O5S. The van der Waals surface area contributed by atoms with Crippen molar-refractivity contribution in [2.75, 3.05) is 4.90 Å². The Morgan fingerprint density at radius 2 is 1.23 bits per heavy atom. The number of aromatic nitrogens is 1. The third kappa shape index (κ3) is 6.61. The summed E-state index contributed by atoms with van der Waals surface area (Å²) in [5.41, 5.74) is 5.35. The van der Waals surface area contributed by atoms with E-state index in [1.165, 1.54) is 25.2 Å². The van der Waals surface area contributed by atoms with Crippen molar-refractivity contribution in [1.82, 2.24) is 4.98 Å². The van der Waals surface area contributed by atoms with Crippen molar-refractivity contribution in [3.63, 3.8) is 0 Å². The minimum absolute atomic E-state index is 0.0687. The fourth-order valence-corrected chi connectivity index (χ4v) is 5.47. The first-order valence-electron chi connectivity index (χ1n) is 13.6. The highest BCUT2D eigenvalue weighted by Crippen LogP contribution is 2.40. The summed E-state index contributed by atoms with van der Waals surface area (Å²) in [5.74, 6) is -0.414. The number of benzene rings is 3. The number of pyridine rings is 1. The van der Waals surface area contributed by atoms with Crippen LogP contribution in [0.1, 0.15) is 54.7 Å². The molecule has 0 aliphatic rings. The number of thiophene rings is 1. The second kappa shape index (κ2) is 13.2. The van der Waals surface area contributed by atoms with E-state index in [-0.39, 0.29) is 5.78 Å². The predicted octanol–water partition coefficient (Wildman–Crippen LogP) is 7.57. The molecule has 0 atom stereocenters. The molecule has 44 heavy (non-hydrogen) atoms. The van der Waals surface area contributed by atoms with Crippen molar-refractivity contribution in [2.24, 2.45) is 10.3 Å². The smallest absolute Gasteiger partial charge is 0.318 e. The van der Waals surface area contributed by atoms with Crippen molar-refractivity contribution in [3.05, 3.63) is 119 Å². The lowest BCUT2D eigenvalue weighted by Crippen LogP contribution is -2.13. The summed E-state index contributed by atoms with van der Waals surface area (Å²) in [7, 11) is 0. The molecule has 0 bridgehead atoms. The van der Waals surface area contributed by atoms with Crippen LogP contribution in [-0.4, -0.2) is 34.1 Å². The van der Waals surface area contributed by atoms with Gasteiger partial charge in [0.15, 0.2) is 5.78 Å². The Hall–Kier alpha value is -5.48. The summed E-state index contributed by atoms with van der Waals surface area (Å²) in [6.45, 7) is 6.11. The summed E-state index contributed by atoms with van der Waals surface area (Å²) in [6, 6.07) is 26.1. The lowest BCUT2D eigenvalue weighted by Gasteiger charge is -2.26. The number of rotatable bonds is 9. The quantitative estimate of drug-likeness (QED) is 0.0738. The third-order valence-corrected chi connectivity index (χ3v) is 7.61. The van der Waals surface area contributed by atoms with Gasteiger partial charge >= 0.3 is 11.9 Å². The molecule has 0 spiro atoms. The average Bonchev–Trinajstić information content (AvgIpc) is 3.54. The van der Waals surface area contributed by atoms with E-state index < -0.39 is 11.9 Å². The zero-order valence-electron chi connectivity index (χ0n) is 24.5. The van der Waals surface area contributed by atoms with E-state index in [0.29, 0.717) is 28.4 Å². The highest BCUT2D eigenvalue weighted by Gasteiger charge is 2.21. The van der Waals surface area contributed by atoms with Crippen molar-refractivity contribution < 1.29 is 24.1 Å². The fraction of sp³-hybridized carbons (Fsp3) is 0.118. The molecule has 5 rings (SSSR count). The lowest BCUT2D eigenvalue weighted by molar-refractivity contribution is -0.141. The van der Waals surface area contributed by atoms with Gasteiger partial charge in [-0.25, -0.2) is 14.6 Å². The van der Waals surface area contributed by atoms with Gasteiger partial charge in [0.25, 0.3) is 0 Å². The molecule has 0 N–H and O–H groups in total. The molecule has 9 nitrogen and oxygen atoms in total. The zero-order chi connectivity index (χ0) is 31.2.